The topological polar surface area (TPSA) is 55.1 Å². The van der Waals surface area contributed by atoms with Crippen molar-refractivity contribution in [1.29, 1.82) is 0 Å². The Balaban J connectivity index is 1.81. The zero-order valence-electron chi connectivity index (χ0n) is 11.1. The minimum absolute atomic E-state index is 0.230. The molecule has 0 saturated heterocycles. The van der Waals surface area contributed by atoms with Gasteiger partial charge in [-0.3, -0.25) is 4.79 Å². The molecule has 1 N–H and O–H groups in total. The van der Waals surface area contributed by atoms with Crippen molar-refractivity contribution in [1.82, 2.24) is 5.16 Å². The van der Waals surface area contributed by atoms with Crippen LogP contribution in [0.5, 0.6) is 0 Å². The highest BCUT2D eigenvalue weighted by Gasteiger charge is 2.26. The number of halogens is 1. The van der Waals surface area contributed by atoms with Crippen molar-refractivity contribution in [3.05, 3.63) is 46.3 Å². The van der Waals surface area contributed by atoms with Crippen molar-refractivity contribution in [3.8, 4) is 0 Å². The van der Waals surface area contributed by atoms with Gasteiger partial charge >= 0.3 is 0 Å². The van der Waals surface area contributed by atoms with Gasteiger partial charge in [-0.1, -0.05) is 23.7 Å². The van der Waals surface area contributed by atoms with E-state index in [0.717, 1.165) is 30.6 Å². The van der Waals surface area contributed by atoms with E-state index >= 15 is 0 Å². The van der Waals surface area contributed by atoms with Gasteiger partial charge in [-0.25, -0.2) is 0 Å². The van der Waals surface area contributed by atoms with Crippen LogP contribution in [-0.4, -0.2) is 11.1 Å². The summed E-state index contributed by atoms with van der Waals surface area (Å²) in [6.07, 6.45) is 2.79. The summed E-state index contributed by atoms with van der Waals surface area (Å²) in [6, 6.07) is 6.99. The smallest absolute Gasteiger partial charge is 0.278 e. The molecule has 3 rings (SSSR count). The molecular formula is C15H15ClN2O2. The van der Waals surface area contributed by atoms with E-state index in [-0.39, 0.29) is 5.91 Å². The molecule has 1 atom stereocenters. The standard InChI is InChI=1S/C15H15ClN2O2/c1-9-2-7-13-12(8-9)14(18-20-13)15(19)17-11-5-3-10(16)4-6-11/h3-6,9H,2,7-8H2,1H3,(H,17,19)/t9-/m1/s1. The third-order valence-corrected chi connectivity index (χ3v) is 3.86. The lowest BCUT2D eigenvalue weighted by Crippen LogP contribution is -2.17. The van der Waals surface area contributed by atoms with E-state index in [9.17, 15) is 4.79 Å². The zero-order chi connectivity index (χ0) is 14.1. The van der Waals surface area contributed by atoms with Crippen LogP contribution in [0.3, 0.4) is 0 Å². The van der Waals surface area contributed by atoms with Gasteiger partial charge in [0.05, 0.1) is 0 Å². The third-order valence-electron chi connectivity index (χ3n) is 3.60. The number of nitrogens with zero attached hydrogens (tertiary/aromatic N) is 1. The molecule has 0 saturated carbocycles. The highest BCUT2D eigenvalue weighted by molar-refractivity contribution is 6.30. The maximum atomic E-state index is 12.3. The Labute approximate surface area is 122 Å². The molecule has 0 bridgehead atoms. The number of anilines is 1. The van der Waals surface area contributed by atoms with Gasteiger partial charge in [0.15, 0.2) is 5.69 Å². The van der Waals surface area contributed by atoms with Crippen molar-refractivity contribution in [2.45, 2.75) is 26.2 Å². The third kappa shape index (κ3) is 2.56. The van der Waals surface area contributed by atoms with Crippen LogP contribution in [0.2, 0.25) is 5.02 Å². The number of benzene rings is 1. The number of nitrogens with one attached hydrogen (secondary N) is 1. The molecule has 1 aromatic carbocycles. The predicted molar refractivity (Wildman–Crippen MR) is 77.1 cm³/mol. The van der Waals surface area contributed by atoms with Gasteiger partial charge < -0.3 is 9.84 Å². The average Bonchev–Trinajstić information content (AvgIpc) is 2.84. The maximum Gasteiger partial charge on any atom is 0.278 e. The Hall–Kier alpha value is -1.81. The Bertz CT molecular complexity index is 634. The fraction of sp³-hybridized carbons (Fsp3) is 0.333. The molecule has 2 aromatic rings. The van der Waals surface area contributed by atoms with Crippen LogP contribution in [0.1, 0.15) is 35.2 Å². The zero-order valence-corrected chi connectivity index (χ0v) is 11.9. The molecule has 0 fully saturated rings. The minimum Gasteiger partial charge on any atom is -0.360 e. The van der Waals surface area contributed by atoms with Gasteiger partial charge in [-0.2, -0.15) is 0 Å². The van der Waals surface area contributed by atoms with E-state index in [4.69, 9.17) is 16.1 Å². The first-order valence-electron chi connectivity index (χ1n) is 6.68. The SMILES string of the molecule is C[C@@H]1CCc2onc(C(=O)Nc3ccc(Cl)cc3)c2C1. The first-order valence-corrected chi connectivity index (χ1v) is 7.05. The molecule has 1 heterocycles. The average molecular weight is 291 g/mol. The summed E-state index contributed by atoms with van der Waals surface area (Å²) < 4.78 is 5.28. The second-order valence-electron chi connectivity index (χ2n) is 5.24. The van der Waals surface area contributed by atoms with Crippen molar-refractivity contribution < 1.29 is 9.32 Å². The van der Waals surface area contributed by atoms with Gasteiger partial charge in [-0.15, -0.1) is 0 Å². The lowest BCUT2D eigenvalue weighted by Gasteiger charge is -2.16. The Morgan fingerprint density at radius 2 is 2.15 bits per heavy atom. The highest BCUT2D eigenvalue weighted by atomic mass is 35.5. The lowest BCUT2D eigenvalue weighted by molar-refractivity contribution is 0.101. The van der Waals surface area contributed by atoms with Crippen LogP contribution >= 0.6 is 11.6 Å². The molecule has 0 radical (unpaired) electrons. The summed E-state index contributed by atoms with van der Waals surface area (Å²) in [5.74, 6) is 1.18. The van der Waals surface area contributed by atoms with Crippen LogP contribution in [0.4, 0.5) is 5.69 Å². The normalized spacial score (nSPS) is 17.6. The van der Waals surface area contributed by atoms with E-state index in [1.807, 2.05) is 0 Å². The number of aryl methyl sites for hydroxylation is 1. The molecule has 4 nitrogen and oxygen atoms in total. The molecule has 1 aliphatic carbocycles. The van der Waals surface area contributed by atoms with Crippen LogP contribution in [0.25, 0.3) is 0 Å². The van der Waals surface area contributed by atoms with Crippen LogP contribution in [0, 0.1) is 5.92 Å². The van der Waals surface area contributed by atoms with E-state index in [1.165, 1.54) is 0 Å². The monoisotopic (exact) mass is 290 g/mol. The maximum absolute atomic E-state index is 12.3. The number of carbonyl (C=O) groups is 1. The predicted octanol–water partition coefficient (Wildman–Crippen LogP) is 3.71. The molecular weight excluding hydrogens is 276 g/mol. The van der Waals surface area contributed by atoms with Crippen molar-refractivity contribution >= 4 is 23.2 Å². The first kappa shape index (κ1) is 13.2. The number of rotatable bonds is 2. The second kappa shape index (κ2) is 5.29. The van der Waals surface area contributed by atoms with Crippen molar-refractivity contribution in [2.24, 2.45) is 5.92 Å². The van der Waals surface area contributed by atoms with Crippen LogP contribution < -0.4 is 5.32 Å². The fourth-order valence-electron chi connectivity index (χ4n) is 2.48. The molecule has 0 aliphatic heterocycles. The van der Waals surface area contributed by atoms with Crippen molar-refractivity contribution in [3.63, 3.8) is 0 Å². The number of amides is 1. The summed E-state index contributed by atoms with van der Waals surface area (Å²) in [5.41, 5.74) is 2.05. The number of carbonyl (C=O) groups excluding carboxylic acids is 1. The highest BCUT2D eigenvalue weighted by Crippen LogP contribution is 2.28. The number of fused-ring (bicyclic) bond motifs is 1. The van der Waals surface area contributed by atoms with Gasteiger partial charge in [0.2, 0.25) is 0 Å². The van der Waals surface area contributed by atoms with E-state index in [0.29, 0.717) is 22.3 Å². The quantitative estimate of drug-likeness (QED) is 0.917. The summed E-state index contributed by atoms with van der Waals surface area (Å²) in [4.78, 5) is 12.3. The van der Waals surface area contributed by atoms with Crippen LogP contribution in [-0.2, 0) is 12.8 Å². The molecule has 1 amide bonds. The summed E-state index contributed by atoms with van der Waals surface area (Å²) in [6.45, 7) is 2.18. The molecule has 1 aliphatic rings. The molecule has 1 aromatic heterocycles. The molecule has 0 unspecified atom stereocenters. The van der Waals surface area contributed by atoms with Gasteiger partial charge in [0.25, 0.3) is 5.91 Å². The molecule has 20 heavy (non-hydrogen) atoms. The van der Waals surface area contributed by atoms with Crippen LogP contribution in [0.15, 0.2) is 28.8 Å². The Morgan fingerprint density at radius 1 is 1.40 bits per heavy atom. The van der Waals surface area contributed by atoms with E-state index < -0.39 is 0 Å². The first-order chi connectivity index (χ1) is 9.63. The second-order valence-corrected chi connectivity index (χ2v) is 5.68. The Kier molecular flexibility index (Phi) is 3.49. The molecule has 104 valence electrons. The van der Waals surface area contributed by atoms with Gasteiger partial charge in [-0.05, 0) is 43.0 Å². The Morgan fingerprint density at radius 3 is 2.90 bits per heavy atom. The van der Waals surface area contributed by atoms with E-state index in [1.54, 1.807) is 24.3 Å². The fourth-order valence-corrected chi connectivity index (χ4v) is 2.61. The summed E-state index contributed by atoms with van der Waals surface area (Å²) in [5, 5.41) is 7.38. The van der Waals surface area contributed by atoms with Gasteiger partial charge in [0.1, 0.15) is 5.76 Å². The number of hydrogen-bond donors (Lipinski definition) is 1. The summed E-state index contributed by atoms with van der Waals surface area (Å²) in [7, 11) is 0. The lowest BCUT2D eigenvalue weighted by atomic mass is 9.88. The molecule has 5 heteroatoms. The minimum atomic E-state index is -0.230. The van der Waals surface area contributed by atoms with Gasteiger partial charge in [0, 0.05) is 22.7 Å². The van der Waals surface area contributed by atoms with Crippen molar-refractivity contribution in [2.75, 3.05) is 5.32 Å². The number of aromatic nitrogens is 1. The number of hydrogen-bond acceptors (Lipinski definition) is 3. The molecule has 0 spiro atoms. The van der Waals surface area contributed by atoms with E-state index in [2.05, 4.69) is 17.4 Å². The largest absolute Gasteiger partial charge is 0.360 e. The summed E-state index contributed by atoms with van der Waals surface area (Å²) >= 11 is 5.82.